The van der Waals surface area contributed by atoms with Crippen LogP contribution in [-0.2, 0) is 0 Å². The van der Waals surface area contributed by atoms with E-state index in [-0.39, 0.29) is 0 Å². The summed E-state index contributed by atoms with van der Waals surface area (Å²) in [6.07, 6.45) is 3.41. The minimum absolute atomic E-state index is 0.393. The van der Waals surface area contributed by atoms with E-state index in [9.17, 15) is 4.79 Å². The van der Waals surface area contributed by atoms with Gasteiger partial charge in [-0.2, -0.15) is 0 Å². The van der Waals surface area contributed by atoms with Crippen LogP contribution in [0, 0.1) is 0 Å². The highest BCUT2D eigenvalue weighted by Crippen LogP contribution is 2.27. The summed E-state index contributed by atoms with van der Waals surface area (Å²) >= 11 is 0. The van der Waals surface area contributed by atoms with Crippen LogP contribution < -0.4 is 11.2 Å². The van der Waals surface area contributed by atoms with Gasteiger partial charge in [0, 0.05) is 34.6 Å². The second-order valence-corrected chi connectivity index (χ2v) is 5.87. The lowest BCUT2D eigenvalue weighted by Gasteiger charge is -2.11. The summed E-state index contributed by atoms with van der Waals surface area (Å²) < 4.78 is 0. The summed E-state index contributed by atoms with van der Waals surface area (Å²) in [6, 6.07) is 18.3. The minimum atomic E-state index is -0.499. The van der Waals surface area contributed by atoms with Crippen molar-refractivity contribution in [2.75, 3.05) is 5.32 Å². The predicted molar refractivity (Wildman–Crippen MR) is 106 cm³/mol. The van der Waals surface area contributed by atoms with Gasteiger partial charge in [-0.15, -0.1) is 0 Å². The molecule has 2 heterocycles. The lowest BCUT2D eigenvalue weighted by atomic mass is 10.1. The number of pyridine rings is 1. The van der Waals surface area contributed by atoms with E-state index in [1.165, 1.54) is 0 Å². The molecule has 0 atom stereocenters. The quantitative estimate of drug-likeness (QED) is 0.320. The molecule has 0 fully saturated rings. The van der Waals surface area contributed by atoms with Crippen LogP contribution in [0.5, 0.6) is 0 Å². The molecule has 0 unspecified atom stereocenters. The number of nitrogens with two attached hydrogens (primary N) is 1. The summed E-state index contributed by atoms with van der Waals surface area (Å²) in [4.78, 5) is 25.1. The van der Waals surface area contributed by atoms with E-state index in [1.807, 2.05) is 36.4 Å². The van der Waals surface area contributed by atoms with E-state index in [0.29, 0.717) is 17.2 Å². The van der Waals surface area contributed by atoms with Crippen molar-refractivity contribution < 1.29 is 4.79 Å². The Bertz CT molecular complexity index is 1160. The molecule has 0 aliphatic rings. The number of hydrogen-bond acceptors (Lipinski definition) is 6. The van der Waals surface area contributed by atoms with Crippen molar-refractivity contribution in [3.63, 3.8) is 0 Å². The van der Waals surface area contributed by atoms with Gasteiger partial charge >= 0.3 is 0 Å². The molecule has 8 heteroatoms. The molecule has 0 radical (unpaired) electrons. The fourth-order valence-corrected chi connectivity index (χ4v) is 2.74. The van der Waals surface area contributed by atoms with E-state index in [2.05, 4.69) is 30.6 Å². The van der Waals surface area contributed by atoms with Gasteiger partial charge in [-0.3, -0.25) is 9.78 Å². The molecule has 1 amide bonds. The highest BCUT2D eigenvalue weighted by Gasteiger charge is 2.10. The Morgan fingerprint density at radius 1 is 0.929 bits per heavy atom. The zero-order valence-corrected chi connectivity index (χ0v) is 14.6. The zero-order chi connectivity index (χ0) is 19.3. The Labute approximate surface area is 160 Å². The van der Waals surface area contributed by atoms with Crippen molar-refractivity contribution in [3.05, 3.63) is 78.6 Å². The van der Waals surface area contributed by atoms with Crippen molar-refractivity contribution in [1.82, 2.24) is 15.0 Å². The molecule has 0 aliphatic heterocycles. The summed E-state index contributed by atoms with van der Waals surface area (Å²) in [7, 11) is 0. The predicted octanol–water partition coefficient (Wildman–Crippen LogP) is 3.90. The molecule has 0 bridgehead atoms. The van der Waals surface area contributed by atoms with Crippen LogP contribution >= 0.6 is 0 Å². The first-order valence-corrected chi connectivity index (χ1v) is 8.44. The SMILES string of the molecule is NN=NC(=O)c1ccc(Nc2nc(-c3ccncc3)nc3ccccc23)cc1. The number of hydrogen-bond donors (Lipinski definition) is 2. The van der Waals surface area contributed by atoms with E-state index in [1.54, 1.807) is 36.7 Å². The Morgan fingerprint density at radius 3 is 2.43 bits per heavy atom. The normalized spacial score (nSPS) is 11.0. The summed E-state index contributed by atoms with van der Waals surface area (Å²) in [5.41, 5.74) is 2.86. The van der Waals surface area contributed by atoms with Crippen molar-refractivity contribution in [2.24, 2.45) is 16.2 Å². The van der Waals surface area contributed by atoms with Gasteiger partial charge in [-0.05, 0) is 48.5 Å². The molecule has 0 aliphatic carbocycles. The highest BCUT2D eigenvalue weighted by molar-refractivity contribution is 5.95. The van der Waals surface area contributed by atoms with Gasteiger partial charge in [0.2, 0.25) is 0 Å². The molecule has 0 spiro atoms. The second kappa shape index (κ2) is 7.58. The maximum atomic E-state index is 11.7. The molecule has 0 saturated carbocycles. The fourth-order valence-electron chi connectivity index (χ4n) is 2.74. The van der Waals surface area contributed by atoms with Crippen molar-refractivity contribution in [1.29, 1.82) is 0 Å². The third-order valence-electron chi connectivity index (χ3n) is 4.08. The molecule has 4 rings (SSSR count). The lowest BCUT2D eigenvalue weighted by molar-refractivity contribution is 0.0993. The molecular weight excluding hydrogens is 354 g/mol. The number of anilines is 2. The Kier molecular flexibility index (Phi) is 4.67. The van der Waals surface area contributed by atoms with Crippen LogP contribution in [0.25, 0.3) is 22.3 Å². The maximum Gasteiger partial charge on any atom is 0.297 e. The average molecular weight is 369 g/mol. The van der Waals surface area contributed by atoms with Crippen molar-refractivity contribution in [3.8, 4) is 11.4 Å². The number of aromatic nitrogens is 3. The summed E-state index contributed by atoms with van der Waals surface area (Å²) in [6.45, 7) is 0. The summed E-state index contributed by atoms with van der Waals surface area (Å²) in [5.74, 6) is 5.68. The van der Waals surface area contributed by atoms with E-state index in [0.717, 1.165) is 22.2 Å². The smallest absolute Gasteiger partial charge is 0.297 e. The molecule has 3 N–H and O–H groups in total. The molecule has 2 aromatic heterocycles. The third kappa shape index (κ3) is 3.51. The van der Waals surface area contributed by atoms with E-state index < -0.39 is 5.91 Å². The van der Waals surface area contributed by atoms with Gasteiger partial charge in [0.05, 0.1) is 5.52 Å². The molecule has 136 valence electrons. The van der Waals surface area contributed by atoms with Crippen LogP contribution in [-0.4, -0.2) is 20.9 Å². The van der Waals surface area contributed by atoms with Crippen LogP contribution in [0.4, 0.5) is 11.5 Å². The molecule has 0 saturated heterocycles. The minimum Gasteiger partial charge on any atom is -0.340 e. The number of para-hydroxylation sites is 1. The number of carbonyl (C=O) groups is 1. The number of benzene rings is 2. The number of nitrogens with one attached hydrogen (secondary N) is 1. The second-order valence-electron chi connectivity index (χ2n) is 5.87. The molecule has 4 aromatic rings. The average Bonchev–Trinajstić information content (AvgIpc) is 2.75. The largest absolute Gasteiger partial charge is 0.340 e. The standard InChI is InChI=1S/C20H15N7O/c21-27-26-20(28)14-5-7-15(8-6-14)23-19-16-3-1-2-4-17(16)24-18(25-19)13-9-11-22-12-10-13/h1-12H,(H2,21,26,28)(H,23,24,25). The van der Waals surface area contributed by atoms with Gasteiger partial charge in [0.15, 0.2) is 5.82 Å². The number of amides is 1. The summed E-state index contributed by atoms with van der Waals surface area (Å²) in [5, 5.41) is 10.5. The maximum absolute atomic E-state index is 11.7. The van der Waals surface area contributed by atoms with Gasteiger partial charge in [-0.1, -0.05) is 22.5 Å². The van der Waals surface area contributed by atoms with Crippen LogP contribution in [0.15, 0.2) is 83.4 Å². The highest BCUT2D eigenvalue weighted by atomic mass is 16.1. The Hall–Kier alpha value is -4.20. The van der Waals surface area contributed by atoms with Crippen LogP contribution in [0.2, 0.25) is 0 Å². The van der Waals surface area contributed by atoms with Crippen molar-refractivity contribution >= 4 is 28.3 Å². The van der Waals surface area contributed by atoms with E-state index >= 15 is 0 Å². The van der Waals surface area contributed by atoms with Gasteiger partial charge in [-0.25, -0.2) is 9.97 Å². The van der Waals surface area contributed by atoms with E-state index in [4.69, 9.17) is 5.84 Å². The first kappa shape index (κ1) is 17.2. The van der Waals surface area contributed by atoms with Crippen molar-refractivity contribution in [2.45, 2.75) is 0 Å². The lowest BCUT2D eigenvalue weighted by Crippen LogP contribution is -2.00. The zero-order valence-electron chi connectivity index (χ0n) is 14.6. The van der Waals surface area contributed by atoms with Gasteiger partial charge < -0.3 is 11.2 Å². The molecule has 8 nitrogen and oxygen atoms in total. The molecule has 2 aromatic carbocycles. The topological polar surface area (TPSA) is 119 Å². The number of carbonyl (C=O) groups excluding carboxylic acids is 1. The fraction of sp³-hybridized carbons (Fsp3) is 0. The molecular formula is C20H15N7O. The van der Waals surface area contributed by atoms with Gasteiger partial charge in [0.1, 0.15) is 5.82 Å². The van der Waals surface area contributed by atoms with Crippen LogP contribution in [0.3, 0.4) is 0 Å². The number of rotatable bonds is 4. The Balaban J connectivity index is 1.73. The number of fused-ring (bicyclic) bond motifs is 1. The Morgan fingerprint density at radius 2 is 1.68 bits per heavy atom. The first-order chi connectivity index (χ1) is 13.7. The molecule has 28 heavy (non-hydrogen) atoms. The van der Waals surface area contributed by atoms with Crippen LogP contribution in [0.1, 0.15) is 10.4 Å². The first-order valence-electron chi connectivity index (χ1n) is 8.44. The monoisotopic (exact) mass is 369 g/mol. The third-order valence-corrected chi connectivity index (χ3v) is 4.08. The number of nitrogens with zero attached hydrogens (tertiary/aromatic N) is 5. The van der Waals surface area contributed by atoms with Gasteiger partial charge in [0.25, 0.3) is 5.91 Å².